The maximum Gasteiger partial charge on any atom is 0.251 e. The molecule has 0 bridgehead atoms. The molecule has 1 N–H and O–H groups in total. The number of hydrogen-bond donors (Lipinski definition) is 1. The number of aryl methyl sites for hydroxylation is 2. The molecule has 32 heavy (non-hydrogen) atoms. The van der Waals surface area contributed by atoms with E-state index in [4.69, 9.17) is 0 Å². The third kappa shape index (κ3) is 4.92. The maximum atomic E-state index is 12.7. The van der Waals surface area contributed by atoms with Gasteiger partial charge in [-0.1, -0.05) is 26.0 Å². The summed E-state index contributed by atoms with van der Waals surface area (Å²) >= 11 is 0. The Bertz CT molecular complexity index is 1180. The Hall–Kier alpha value is -2.97. The minimum absolute atomic E-state index is 0.197. The van der Waals surface area contributed by atoms with E-state index in [0.29, 0.717) is 18.7 Å². The SMILES string of the molecule is CCN(CC)S(=O)(=O)c1ccc(C(C)NC(=O)c2ccc(-n3nc(C)cc3C)cc2)cc1. The highest BCUT2D eigenvalue weighted by atomic mass is 32.2. The number of carbonyl (C=O) groups excluding carboxylic acids is 1. The van der Waals surface area contributed by atoms with Crippen LogP contribution in [0.25, 0.3) is 5.69 Å². The first-order chi connectivity index (χ1) is 15.2. The second-order valence-corrected chi connectivity index (χ2v) is 9.68. The van der Waals surface area contributed by atoms with Gasteiger partial charge in [0.15, 0.2) is 0 Å². The van der Waals surface area contributed by atoms with Crippen LogP contribution < -0.4 is 5.32 Å². The molecule has 0 radical (unpaired) electrons. The van der Waals surface area contributed by atoms with Gasteiger partial charge in [-0.15, -0.1) is 0 Å². The average molecular weight is 455 g/mol. The van der Waals surface area contributed by atoms with Gasteiger partial charge in [0.25, 0.3) is 5.91 Å². The number of nitrogens with one attached hydrogen (secondary N) is 1. The zero-order valence-corrected chi connectivity index (χ0v) is 20.0. The molecule has 0 spiro atoms. The van der Waals surface area contributed by atoms with Gasteiger partial charge in [-0.2, -0.15) is 9.40 Å². The van der Waals surface area contributed by atoms with Gasteiger partial charge in [-0.05, 0) is 68.8 Å². The molecule has 1 aromatic heterocycles. The zero-order valence-electron chi connectivity index (χ0n) is 19.2. The summed E-state index contributed by atoms with van der Waals surface area (Å²) in [6.45, 7) is 10.3. The fourth-order valence-corrected chi connectivity index (χ4v) is 5.11. The Labute approximate surface area is 190 Å². The Morgan fingerprint density at radius 2 is 1.62 bits per heavy atom. The largest absolute Gasteiger partial charge is 0.346 e. The molecule has 3 aromatic rings. The van der Waals surface area contributed by atoms with Crippen molar-refractivity contribution >= 4 is 15.9 Å². The normalized spacial score (nSPS) is 12.7. The van der Waals surface area contributed by atoms with Crippen molar-refractivity contribution in [1.82, 2.24) is 19.4 Å². The molecule has 1 atom stereocenters. The topological polar surface area (TPSA) is 84.3 Å². The van der Waals surface area contributed by atoms with E-state index < -0.39 is 10.0 Å². The third-order valence-electron chi connectivity index (χ3n) is 5.45. The number of aromatic nitrogens is 2. The molecule has 0 aliphatic rings. The molecule has 2 aromatic carbocycles. The van der Waals surface area contributed by atoms with E-state index >= 15 is 0 Å². The number of hydrogen-bond acceptors (Lipinski definition) is 4. The Kier molecular flexibility index (Phi) is 7.16. The van der Waals surface area contributed by atoms with Gasteiger partial charge in [-0.3, -0.25) is 4.79 Å². The van der Waals surface area contributed by atoms with Crippen LogP contribution in [0.2, 0.25) is 0 Å². The van der Waals surface area contributed by atoms with Crippen LogP contribution in [-0.2, 0) is 10.0 Å². The standard InChI is InChI=1S/C24H30N4O3S/c1-6-27(7-2)32(30,31)23-14-10-20(11-15-23)19(5)25-24(29)21-8-12-22(13-9-21)28-18(4)16-17(3)26-28/h8-16,19H,6-7H2,1-5H3,(H,25,29). The van der Waals surface area contributed by atoms with Crippen LogP contribution in [0.3, 0.4) is 0 Å². The minimum Gasteiger partial charge on any atom is -0.346 e. The molecular weight excluding hydrogens is 424 g/mol. The van der Waals surface area contributed by atoms with Crippen LogP contribution in [0, 0.1) is 13.8 Å². The Morgan fingerprint density at radius 3 is 2.12 bits per heavy atom. The number of carbonyl (C=O) groups is 1. The van der Waals surface area contributed by atoms with Gasteiger partial charge >= 0.3 is 0 Å². The van der Waals surface area contributed by atoms with E-state index in [2.05, 4.69) is 10.4 Å². The van der Waals surface area contributed by atoms with E-state index in [1.54, 1.807) is 36.4 Å². The summed E-state index contributed by atoms with van der Waals surface area (Å²) in [5.41, 5.74) is 4.23. The molecule has 1 heterocycles. The summed E-state index contributed by atoms with van der Waals surface area (Å²) in [4.78, 5) is 13.0. The first-order valence-corrected chi connectivity index (χ1v) is 12.2. The highest BCUT2D eigenvalue weighted by Crippen LogP contribution is 2.20. The van der Waals surface area contributed by atoms with Crippen molar-refractivity contribution in [1.29, 1.82) is 0 Å². The summed E-state index contributed by atoms with van der Waals surface area (Å²) in [7, 11) is -3.50. The number of benzene rings is 2. The molecule has 0 saturated heterocycles. The van der Waals surface area contributed by atoms with Gasteiger partial charge in [0, 0.05) is 24.3 Å². The van der Waals surface area contributed by atoms with Crippen molar-refractivity contribution in [3.05, 3.63) is 77.1 Å². The van der Waals surface area contributed by atoms with Crippen molar-refractivity contribution in [3.8, 4) is 5.69 Å². The summed E-state index contributed by atoms with van der Waals surface area (Å²) < 4.78 is 28.5. The molecule has 0 fully saturated rings. The highest BCUT2D eigenvalue weighted by molar-refractivity contribution is 7.89. The molecule has 1 unspecified atom stereocenters. The van der Waals surface area contributed by atoms with Crippen molar-refractivity contribution in [2.75, 3.05) is 13.1 Å². The lowest BCUT2D eigenvalue weighted by Gasteiger charge is -2.19. The second kappa shape index (κ2) is 9.67. The lowest BCUT2D eigenvalue weighted by molar-refractivity contribution is 0.0940. The Balaban J connectivity index is 1.70. The number of rotatable bonds is 8. The second-order valence-electron chi connectivity index (χ2n) is 7.74. The van der Waals surface area contributed by atoms with Crippen molar-refractivity contribution in [2.24, 2.45) is 0 Å². The Morgan fingerprint density at radius 1 is 1.03 bits per heavy atom. The fraction of sp³-hybridized carbons (Fsp3) is 0.333. The minimum atomic E-state index is -3.50. The molecule has 1 amide bonds. The van der Waals surface area contributed by atoms with Gasteiger partial charge in [0.2, 0.25) is 10.0 Å². The van der Waals surface area contributed by atoms with Gasteiger partial charge in [0.05, 0.1) is 22.3 Å². The molecule has 7 nitrogen and oxygen atoms in total. The third-order valence-corrected chi connectivity index (χ3v) is 7.52. The van der Waals surface area contributed by atoms with Gasteiger partial charge in [0.1, 0.15) is 0 Å². The van der Waals surface area contributed by atoms with Gasteiger partial charge in [-0.25, -0.2) is 13.1 Å². The van der Waals surface area contributed by atoms with Crippen molar-refractivity contribution in [2.45, 2.75) is 45.6 Å². The molecule has 0 saturated carbocycles. The van der Waals surface area contributed by atoms with E-state index in [0.717, 1.165) is 22.6 Å². The summed E-state index contributed by atoms with van der Waals surface area (Å²) in [5, 5.41) is 7.43. The molecule has 8 heteroatoms. The predicted octanol–water partition coefficient (Wildman–Crippen LogP) is 4.01. The van der Waals surface area contributed by atoms with Crippen molar-refractivity contribution in [3.63, 3.8) is 0 Å². The first-order valence-electron chi connectivity index (χ1n) is 10.7. The molecule has 0 aliphatic carbocycles. The van der Waals surface area contributed by atoms with E-state index in [9.17, 15) is 13.2 Å². The molecule has 170 valence electrons. The van der Waals surface area contributed by atoms with Crippen LogP contribution in [0.1, 0.15) is 54.1 Å². The smallest absolute Gasteiger partial charge is 0.251 e. The van der Waals surface area contributed by atoms with E-state index in [1.165, 1.54) is 4.31 Å². The summed E-state index contributed by atoms with van der Waals surface area (Å²) in [6, 6.07) is 15.7. The summed E-state index contributed by atoms with van der Waals surface area (Å²) in [5.74, 6) is -0.197. The number of sulfonamides is 1. The summed E-state index contributed by atoms with van der Waals surface area (Å²) in [6.07, 6.45) is 0. The van der Waals surface area contributed by atoms with E-state index in [-0.39, 0.29) is 16.8 Å². The predicted molar refractivity (Wildman–Crippen MR) is 125 cm³/mol. The lowest BCUT2D eigenvalue weighted by atomic mass is 10.1. The number of amides is 1. The quantitative estimate of drug-likeness (QED) is 0.557. The maximum absolute atomic E-state index is 12.7. The zero-order chi connectivity index (χ0) is 23.5. The van der Waals surface area contributed by atoms with Crippen molar-refractivity contribution < 1.29 is 13.2 Å². The van der Waals surface area contributed by atoms with Crippen LogP contribution in [0.15, 0.2) is 59.5 Å². The monoisotopic (exact) mass is 454 g/mol. The number of nitrogens with zero attached hydrogens (tertiary/aromatic N) is 3. The van der Waals surface area contributed by atoms with E-state index in [1.807, 2.05) is 57.5 Å². The van der Waals surface area contributed by atoms with Crippen LogP contribution in [0.5, 0.6) is 0 Å². The van der Waals surface area contributed by atoms with Crippen LogP contribution in [0.4, 0.5) is 0 Å². The highest BCUT2D eigenvalue weighted by Gasteiger charge is 2.21. The molecule has 0 aliphatic heterocycles. The van der Waals surface area contributed by atoms with Crippen LogP contribution >= 0.6 is 0 Å². The molecule has 3 rings (SSSR count). The lowest BCUT2D eigenvalue weighted by Crippen LogP contribution is -2.30. The molecular formula is C24H30N4O3S. The fourth-order valence-electron chi connectivity index (χ4n) is 3.65. The average Bonchev–Trinajstić information content (AvgIpc) is 3.12. The first kappa shape index (κ1) is 23.7. The van der Waals surface area contributed by atoms with Gasteiger partial charge < -0.3 is 5.32 Å². The van der Waals surface area contributed by atoms with Crippen LogP contribution in [-0.4, -0.2) is 41.5 Å².